The summed E-state index contributed by atoms with van der Waals surface area (Å²) in [6, 6.07) is 6.05. The van der Waals surface area contributed by atoms with Gasteiger partial charge in [0, 0.05) is 13.5 Å². The normalized spacial score (nSPS) is 18.8. The second kappa shape index (κ2) is 7.92. The van der Waals surface area contributed by atoms with Crippen LogP contribution >= 0.6 is 0 Å². The van der Waals surface area contributed by atoms with Crippen molar-refractivity contribution in [1.29, 1.82) is 0 Å². The maximum Gasteiger partial charge on any atom is 0.328 e. The number of ether oxygens (including phenoxy) is 1. The Morgan fingerprint density at radius 2 is 2.00 bits per heavy atom. The fourth-order valence-corrected chi connectivity index (χ4v) is 2.69. The lowest BCUT2D eigenvalue weighted by Gasteiger charge is -2.34. The zero-order chi connectivity index (χ0) is 17.7. The van der Waals surface area contributed by atoms with Crippen LogP contribution in [0.3, 0.4) is 0 Å². The first-order valence-electron chi connectivity index (χ1n) is 7.82. The summed E-state index contributed by atoms with van der Waals surface area (Å²) in [4.78, 5) is 36.7. The lowest BCUT2D eigenvalue weighted by Crippen LogP contribution is -2.53. The number of nitrogens with zero attached hydrogens (tertiary/aromatic N) is 1. The molecule has 1 aliphatic rings. The van der Waals surface area contributed by atoms with E-state index in [0.29, 0.717) is 6.61 Å². The third kappa shape index (κ3) is 4.55. The third-order valence-electron chi connectivity index (χ3n) is 3.97. The van der Waals surface area contributed by atoms with Crippen LogP contribution in [-0.4, -0.2) is 53.6 Å². The molecule has 0 radical (unpaired) electrons. The van der Waals surface area contributed by atoms with E-state index in [2.05, 4.69) is 5.32 Å². The molecule has 2 N–H and O–H groups in total. The fraction of sp³-hybridized carbons (Fsp3) is 0.471. The predicted molar refractivity (Wildman–Crippen MR) is 86.3 cm³/mol. The summed E-state index contributed by atoms with van der Waals surface area (Å²) in [5.74, 6) is -1.65. The Labute approximate surface area is 140 Å². The van der Waals surface area contributed by atoms with Gasteiger partial charge >= 0.3 is 5.97 Å². The Morgan fingerprint density at radius 1 is 1.33 bits per heavy atom. The van der Waals surface area contributed by atoms with Crippen molar-refractivity contribution in [3.8, 4) is 0 Å². The second-order valence-corrected chi connectivity index (χ2v) is 5.88. The van der Waals surface area contributed by atoms with Gasteiger partial charge in [0.25, 0.3) is 0 Å². The van der Waals surface area contributed by atoms with Crippen molar-refractivity contribution in [1.82, 2.24) is 10.2 Å². The summed E-state index contributed by atoms with van der Waals surface area (Å²) in [6.45, 7) is 3.87. The standard InChI is InChI=1S/C17H22N2O5/c1-11-3-5-13(6-4-11)14(18-12(2)20)9-16(21)19-7-8-24-10-15(19)17(22)23/h3-6,14-15H,7-10H2,1-2H3,(H,18,20)(H,22,23)/t14-,15+/m1/s1. The van der Waals surface area contributed by atoms with E-state index < -0.39 is 18.1 Å². The molecule has 0 aliphatic carbocycles. The maximum absolute atomic E-state index is 12.6. The van der Waals surface area contributed by atoms with Crippen molar-refractivity contribution in [2.75, 3.05) is 19.8 Å². The molecule has 7 nitrogen and oxygen atoms in total. The van der Waals surface area contributed by atoms with Gasteiger partial charge in [-0.1, -0.05) is 29.8 Å². The molecule has 24 heavy (non-hydrogen) atoms. The number of amides is 2. The van der Waals surface area contributed by atoms with Crippen molar-refractivity contribution in [2.24, 2.45) is 0 Å². The van der Waals surface area contributed by atoms with Gasteiger partial charge < -0.3 is 20.1 Å². The quantitative estimate of drug-likeness (QED) is 0.833. The number of nitrogens with one attached hydrogen (secondary N) is 1. The number of benzene rings is 1. The first kappa shape index (κ1) is 17.9. The van der Waals surface area contributed by atoms with Gasteiger partial charge in [-0.05, 0) is 12.5 Å². The minimum absolute atomic E-state index is 0.00637. The number of hydrogen-bond donors (Lipinski definition) is 2. The molecule has 1 fully saturated rings. The van der Waals surface area contributed by atoms with Gasteiger partial charge in [0.2, 0.25) is 11.8 Å². The zero-order valence-corrected chi connectivity index (χ0v) is 13.8. The SMILES string of the molecule is CC(=O)N[C@H](CC(=O)N1CCOC[C@H]1C(=O)O)c1ccc(C)cc1. The highest BCUT2D eigenvalue weighted by Gasteiger charge is 2.33. The molecular weight excluding hydrogens is 312 g/mol. The van der Waals surface area contributed by atoms with Crippen LogP contribution in [0.4, 0.5) is 0 Å². The molecule has 0 aromatic heterocycles. The van der Waals surface area contributed by atoms with Crippen LogP contribution in [-0.2, 0) is 19.1 Å². The fourth-order valence-electron chi connectivity index (χ4n) is 2.69. The zero-order valence-electron chi connectivity index (χ0n) is 13.8. The summed E-state index contributed by atoms with van der Waals surface area (Å²) in [5.41, 5.74) is 1.88. The molecule has 2 atom stereocenters. The van der Waals surface area contributed by atoms with Gasteiger partial charge in [0.05, 0.1) is 25.7 Å². The molecule has 0 saturated carbocycles. The van der Waals surface area contributed by atoms with E-state index in [9.17, 15) is 19.5 Å². The highest BCUT2D eigenvalue weighted by molar-refractivity contribution is 5.85. The summed E-state index contributed by atoms with van der Waals surface area (Å²) >= 11 is 0. The molecule has 1 heterocycles. The van der Waals surface area contributed by atoms with Crippen LogP contribution in [0.2, 0.25) is 0 Å². The number of aryl methyl sites for hydroxylation is 1. The van der Waals surface area contributed by atoms with Crippen LogP contribution in [0, 0.1) is 6.92 Å². The molecule has 0 bridgehead atoms. The summed E-state index contributed by atoms with van der Waals surface area (Å²) in [7, 11) is 0. The molecular formula is C17H22N2O5. The highest BCUT2D eigenvalue weighted by Crippen LogP contribution is 2.20. The van der Waals surface area contributed by atoms with E-state index in [1.54, 1.807) is 0 Å². The molecule has 7 heteroatoms. The first-order valence-corrected chi connectivity index (χ1v) is 7.82. The van der Waals surface area contributed by atoms with E-state index in [0.717, 1.165) is 11.1 Å². The molecule has 2 rings (SSSR count). The topological polar surface area (TPSA) is 95.9 Å². The molecule has 0 spiro atoms. The molecule has 0 unspecified atom stereocenters. The van der Waals surface area contributed by atoms with Gasteiger partial charge in [-0.3, -0.25) is 9.59 Å². The van der Waals surface area contributed by atoms with Crippen LogP contribution < -0.4 is 5.32 Å². The number of carbonyl (C=O) groups is 3. The van der Waals surface area contributed by atoms with E-state index >= 15 is 0 Å². The Balaban J connectivity index is 2.15. The number of morpholine rings is 1. The molecule has 1 aromatic rings. The number of carboxylic acids is 1. The van der Waals surface area contributed by atoms with Crippen molar-refractivity contribution in [3.05, 3.63) is 35.4 Å². The van der Waals surface area contributed by atoms with E-state index in [-0.39, 0.29) is 31.4 Å². The summed E-state index contributed by atoms with van der Waals surface area (Å²) < 4.78 is 5.15. The second-order valence-electron chi connectivity index (χ2n) is 5.88. The minimum atomic E-state index is -1.09. The van der Waals surface area contributed by atoms with Crippen LogP contribution in [0.1, 0.15) is 30.5 Å². The summed E-state index contributed by atoms with van der Waals surface area (Å²) in [6.07, 6.45) is 0.00637. The average molecular weight is 334 g/mol. The van der Waals surface area contributed by atoms with Crippen LogP contribution in [0.15, 0.2) is 24.3 Å². The molecule has 2 amide bonds. The molecule has 1 aromatic carbocycles. The Kier molecular flexibility index (Phi) is 5.92. The first-order chi connectivity index (χ1) is 11.4. The highest BCUT2D eigenvalue weighted by atomic mass is 16.5. The van der Waals surface area contributed by atoms with Crippen LogP contribution in [0.25, 0.3) is 0 Å². The summed E-state index contributed by atoms with van der Waals surface area (Å²) in [5, 5.41) is 12.0. The van der Waals surface area contributed by atoms with Gasteiger partial charge in [-0.15, -0.1) is 0 Å². The molecule has 1 aliphatic heterocycles. The van der Waals surface area contributed by atoms with Gasteiger partial charge in [-0.25, -0.2) is 4.79 Å². The Morgan fingerprint density at radius 3 is 2.58 bits per heavy atom. The van der Waals surface area contributed by atoms with Gasteiger partial charge in [-0.2, -0.15) is 0 Å². The lowest BCUT2D eigenvalue weighted by atomic mass is 10.0. The molecule has 130 valence electrons. The monoisotopic (exact) mass is 334 g/mol. The minimum Gasteiger partial charge on any atom is -0.480 e. The van der Waals surface area contributed by atoms with Crippen molar-refractivity contribution < 1.29 is 24.2 Å². The largest absolute Gasteiger partial charge is 0.480 e. The Hall–Kier alpha value is -2.41. The predicted octanol–water partition coefficient (Wildman–Crippen LogP) is 0.874. The van der Waals surface area contributed by atoms with Crippen molar-refractivity contribution in [3.63, 3.8) is 0 Å². The van der Waals surface area contributed by atoms with Gasteiger partial charge in [0.15, 0.2) is 6.04 Å². The third-order valence-corrected chi connectivity index (χ3v) is 3.97. The van der Waals surface area contributed by atoms with Gasteiger partial charge in [0.1, 0.15) is 0 Å². The van der Waals surface area contributed by atoms with Crippen molar-refractivity contribution >= 4 is 17.8 Å². The number of carbonyl (C=O) groups excluding carboxylic acids is 2. The smallest absolute Gasteiger partial charge is 0.328 e. The van der Waals surface area contributed by atoms with E-state index in [4.69, 9.17) is 4.74 Å². The Bertz CT molecular complexity index is 614. The van der Waals surface area contributed by atoms with E-state index in [1.165, 1.54) is 11.8 Å². The van der Waals surface area contributed by atoms with Crippen LogP contribution in [0.5, 0.6) is 0 Å². The lowest BCUT2D eigenvalue weighted by molar-refractivity contribution is -0.158. The molecule has 1 saturated heterocycles. The number of aliphatic carboxylic acids is 1. The number of hydrogen-bond acceptors (Lipinski definition) is 4. The van der Waals surface area contributed by atoms with E-state index in [1.807, 2.05) is 31.2 Å². The number of carboxylic acid groups (broad SMARTS) is 1. The number of rotatable bonds is 5. The maximum atomic E-state index is 12.6. The average Bonchev–Trinajstić information content (AvgIpc) is 2.54. The van der Waals surface area contributed by atoms with Crippen molar-refractivity contribution in [2.45, 2.75) is 32.4 Å².